The molecular formula is C18H12Cl2N4OS. The summed E-state index contributed by atoms with van der Waals surface area (Å²) < 4.78 is 1.90. The van der Waals surface area contributed by atoms with Gasteiger partial charge in [-0.15, -0.1) is 11.3 Å². The van der Waals surface area contributed by atoms with E-state index < -0.39 is 0 Å². The summed E-state index contributed by atoms with van der Waals surface area (Å²) in [6, 6.07) is 10.8. The van der Waals surface area contributed by atoms with Crippen molar-refractivity contribution >= 4 is 57.2 Å². The van der Waals surface area contributed by atoms with E-state index in [1.165, 1.54) is 11.3 Å². The van der Waals surface area contributed by atoms with Gasteiger partial charge in [0.25, 0.3) is 0 Å². The first-order valence-electron chi connectivity index (χ1n) is 7.71. The predicted molar refractivity (Wildman–Crippen MR) is 106 cm³/mol. The predicted octanol–water partition coefficient (Wildman–Crippen LogP) is 4.97. The van der Waals surface area contributed by atoms with Crippen LogP contribution in [0.2, 0.25) is 10.0 Å². The van der Waals surface area contributed by atoms with Crippen molar-refractivity contribution in [1.29, 1.82) is 0 Å². The minimum atomic E-state index is -0.136. The minimum Gasteiger partial charge on any atom is -0.326 e. The Labute approximate surface area is 163 Å². The van der Waals surface area contributed by atoms with Crippen LogP contribution in [0.3, 0.4) is 0 Å². The van der Waals surface area contributed by atoms with Crippen LogP contribution in [0.4, 0.5) is 5.69 Å². The lowest BCUT2D eigenvalue weighted by Gasteiger charge is -2.07. The first kappa shape index (κ1) is 17.0. The number of hydrogen-bond donors (Lipinski definition) is 1. The van der Waals surface area contributed by atoms with Crippen LogP contribution in [0.1, 0.15) is 5.56 Å². The number of rotatable bonds is 4. The van der Waals surface area contributed by atoms with Gasteiger partial charge < -0.3 is 5.32 Å². The largest absolute Gasteiger partial charge is 0.326 e. The van der Waals surface area contributed by atoms with Gasteiger partial charge in [-0.25, -0.2) is 9.97 Å². The Hall–Kier alpha value is -2.41. The number of amides is 1. The Kier molecular flexibility index (Phi) is 4.63. The van der Waals surface area contributed by atoms with Gasteiger partial charge in [-0.3, -0.25) is 9.36 Å². The lowest BCUT2D eigenvalue weighted by molar-refractivity contribution is -0.115. The molecule has 0 aliphatic carbocycles. The van der Waals surface area contributed by atoms with Crippen molar-refractivity contribution in [3.05, 3.63) is 69.9 Å². The topological polar surface area (TPSA) is 59.8 Å². The van der Waals surface area contributed by atoms with Crippen LogP contribution in [0.15, 0.2) is 54.3 Å². The number of imidazole rings is 1. The molecule has 8 heteroatoms. The van der Waals surface area contributed by atoms with Crippen LogP contribution < -0.4 is 5.32 Å². The second-order valence-electron chi connectivity index (χ2n) is 5.61. The van der Waals surface area contributed by atoms with E-state index in [0.717, 1.165) is 21.7 Å². The lowest BCUT2D eigenvalue weighted by Crippen LogP contribution is -2.14. The summed E-state index contributed by atoms with van der Waals surface area (Å²) in [5, 5.41) is 6.54. The van der Waals surface area contributed by atoms with E-state index in [0.29, 0.717) is 15.7 Å². The number of carbonyl (C=O) groups excluding carboxylic acids is 1. The Bertz CT molecular complexity index is 1090. The fourth-order valence-electron chi connectivity index (χ4n) is 2.61. The van der Waals surface area contributed by atoms with Crippen molar-refractivity contribution < 1.29 is 4.79 Å². The maximum absolute atomic E-state index is 12.3. The van der Waals surface area contributed by atoms with E-state index in [-0.39, 0.29) is 12.3 Å². The molecule has 0 bridgehead atoms. The molecule has 2 aromatic heterocycles. The zero-order valence-corrected chi connectivity index (χ0v) is 15.6. The fourth-order valence-corrected chi connectivity index (χ4v) is 3.56. The quantitative estimate of drug-likeness (QED) is 0.524. The van der Waals surface area contributed by atoms with Crippen molar-refractivity contribution in [1.82, 2.24) is 14.5 Å². The summed E-state index contributed by atoms with van der Waals surface area (Å²) >= 11 is 13.4. The summed E-state index contributed by atoms with van der Waals surface area (Å²) in [6.45, 7) is 0. The summed E-state index contributed by atoms with van der Waals surface area (Å²) in [6.07, 6.45) is 3.68. The fraction of sp³-hybridized carbons (Fsp3) is 0.0556. The molecule has 5 nitrogen and oxygen atoms in total. The molecule has 2 aromatic carbocycles. The van der Waals surface area contributed by atoms with Gasteiger partial charge >= 0.3 is 0 Å². The molecule has 4 rings (SSSR count). The van der Waals surface area contributed by atoms with Crippen molar-refractivity contribution in [2.75, 3.05) is 5.32 Å². The normalized spacial score (nSPS) is 11.0. The number of nitrogens with one attached hydrogen (secondary N) is 1. The van der Waals surface area contributed by atoms with Crippen LogP contribution in [0, 0.1) is 0 Å². The van der Waals surface area contributed by atoms with Crippen molar-refractivity contribution in [3.63, 3.8) is 0 Å². The van der Waals surface area contributed by atoms with Gasteiger partial charge in [-0.2, -0.15) is 0 Å². The maximum Gasteiger partial charge on any atom is 0.228 e. The smallest absolute Gasteiger partial charge is 0.228 e. The maximum atomic E-state index is 12.3. The van der Waals surface area contributed by atoms with Gasteiger partial charge in [0.1, 0.15) is 6.33 Å². The van der Waals surface area contributed by atoms with Gasteiger partial charge in [0, 0.05) is 17.3 Å². The average molecular weight is 403 g/mol. The average Bonchev–Trinajstić information content (AvgIpc) is 3.27. The van der Waals surface area contributed by atoms with Crippen LogP contribution in [0.25, 0.3) is 16.2 Å². The number of thiazole rings is 1. The molecule has 1 N–H and O–H groups in total. The molecule has 26 heavy (non-hydrogen) atoms. The van der Waals surface area contributed by atoms with Crippen molar-refractivity contribution in [2.24, 2.45) is 0 Å². The van der Waals surface area contributed by atoms with Gasteiger partial charge in [-0.05, 0) is 35.9 Å². The number of benzene rings is 2. The van der Waals surface area contributed by atoms with Crippen LogP contribution >= 0.6 is 34.5 Å². The van der Waals surface area contributed by atoms with Gasteiger partial charge in [0.05, 0.1) is 27.5 Å². The third-order valence-corrected chi connectivity index (χ3v) is 5.31. The minimum absolute atomic E-state index is 0.136. The number of aromatic nitrogens is 3. The zero-order chi connectivity index (χ0) is 18.1. The summed E-state index contributed by atoms with van der Waals surface area (Å²) in [5.41, 5.74) is 3.21. The first-order chi connectivity index (χ1) is 12.6. The van der Waals surface area contributed by atoms with Crippen LogP contribution in [-0.2, 0) is 11.2 Å². The molecule has 0 unspecified atom stereocenters. The third-order valence-electron chi connectivity index (χ3n) is 3.81. The SMILES string of the molecule is O=C(Cc1ccc(Cl)c(Cl)c1)Nc1ccc2ncn(-c3nccs3)c2c1. The van der Waals surface area contributed by atoms with E-state index in [1.807, 2.05) is 28.1 Å². The van der Waals surface area contributed by atoms with E-state index >= 15 is 0 Å². The molecule has 0 saturated heterocycles. The van der Waals surface area contributed by atoms with Crippen molar-refractivity contribution in [2.45, 2.75) is 6.42 Å². The molecule has 0 aliphatic heterocycles. The third kappa shape index (κ3) is 3.44. The second-order valence-corrected chi connectivity index (χ2v) is 7.29. The number of hydrogen-bond acceptors (Lipinski definition) is 4. The Morgan fingerprint density at radius 2 is 2.00 bits per heavy atom. The molecule has 0 spiro atoms. The molecule has 0 fully saturated rings. The van der Waals surface area contributed by atoms with Crippen LogP contribution in [0.5, 0.6) is 0 Å². The number of carbonyl (C=O) groups is 1. The van der Waals surface area contributed by atoms with E-state index in [1.54, 1.807) is 30.7 Å². The number of fused-ring (bicyclic) bond motifs is 1. The zero-order valence-electron chi connectivity index (χ0n) is 13.3. The molecule has 2 heterocycles. The Morgan fingerprint density at radius 3 is 2.77 bits per heavy atom. The number of halogens is 2. The molecule has 130 valence electrons. The summed E-state index contributed by atoms with van der Waals surface area (Å²) in [7, 11) is 0. The van der Waals surface area contributed by atoms with E-state index in [4.69, 9.17) is 23.2 Å². The summed E-state index contributed by atoms with van der Waals surface area (Å²) in [5.74, 6) is -0.136. The van der Waals surface area contributed by atoms with Gasteiger partial charge in [0.15, 0.2) is 5.13 Å². The first-order valence-corrected chi connectivity index (χ1v) is 9.34. The van der Waals surface area contributed by atoms with Crippen molar-refractivity contribution in [3.8, 4) is 5.13 Å². The molecule has 4 aromatic rings. The highest BCUT2D eigenvalue weighted by Gasteiger charge is 2.10. The number of nitrogens with zero attached hydrogens (tertiary/aromatic N) is 3. The molecule has 0 aliphatic rings. The van der Waals surface area contributed by atoms with E-state index in [9.17, 15) is 4.79 Å². The van der Waals surface area contributed by atoms with Gasteiger partial charge in [0.2, 0.25) is 5.91 Å². The highest BCUT2D eigenvalue weighted by atomic mass is 35.5. The lowest BCUT2D eigenvalue weighted by atomic mass is 10.1. The molecule has 0 atom stereocenters. The highest BCUT2D eigenvalue weighted by Crippen LogP contribution is 2.24. The standard InChI is InChI=1S/C18H12Cl2N4OS/c19-13-3-1-11(7-14(13)20)8-17(25)23-12-2-4-15-16(9-12)24(10-22-15)18-21-5-6-26-18/h1-7,9-10H,8H2,(H,23,25). The summed E-state index contributed by atoms with van der Waals surface area (Å²) in [4.78, 5) is 21.0. The Morgan fingerprint density at radius 1 is 1.12 bits per heavy atom. The molecule has 0 radical (unpaired) electrons. The molecular weight excluding hydrogens is 391 g/mol. The highest BCUT2D eigenvalue weighted by molar-refractivity contribution is 7.12. The van der Waals surface area contributed by atoms with Crippen LogP contribution in [-0.4, -0.2) is 20.4 Å². The monoisotopic (exact) mass is 402 g/mol. The number of anilines is 1. The molecule has 0 saturated carbocycles. The second kappa shape index (κ2) is 7.07. The van der Waals surface area contributed by atoms with E-state index in [2.05, 4.69) is 15.3 Å². The molecule has 1 amide bonds. The Balaban J connectivity index is 1.56. The van der Waals surface area contributed by atoms with Gasteiger partial charge in [-0.1, -0.05) is 29.3 Å².